The fraction of sp³-hybridized carbons (Fsp3) is 0.467. The lowest BCUT2D eigenvalue weighted by molar-refractivity contribution is -0.128. The zero-order valence-electron chi connectivity index (χ0n) is 11.6. The van der Waals surface area contributed by atoms with Gasteiger partial charge in [-0.1, -0.05) is 28.9 Å². The number of ketones is 1. The number of hydrogen-bond donors (Lipinski definition) is 1. The van der Waals surface area contributed by atoms with E-state index in [0.29, 0.717) is 31.8 Å². The predicted molar refractivity (Wildman–Crippen MR) is 82.6 cm³/mol. The lowest BCUT2D eigenvalue weighted by Gasteiger charge is -2.30. The number of halogens is 1. The smallest absolute Gasteiger partial charge is 0.238 e. The van der Waals surface area contributed by atoms with E-state index in [2.05, 4.69) is 26.1 Å². The second kappa shape index (κ2) is 6.99. The minimum atomic E-state index is -0.0349. The standard InChI is InChI=1S/C15H19BrN2O2/c1-2-11-9-18(7-6-14(11)19)10-15(20)17-13-5-3-4-12(16)8-13/h3-5,8,11H,2,6-7,9-10H2,1H3,(H,17,20). The van der Waals surface area contributed by atoms with E-state index >= 15 is 0 Å². The van der Waals surface area contributed by atoms with Gasteiger partial charge in [0.05, 0.1) is 6.54 Å². The SMILES string of the molecule is CCC1CN(CC(=O)Nc2cccc(Br)c2)CCC1=O. The Hall–Kier alpha value is -1.20. The van der Waals surface area contributed by atoms with Crippen molar-refractivity contribution in [3.8, 4) is 0 Å². The number of nitrogens with zero attached hydrogens (tertiary/aromatic N) is 1. The maximum absolute atomic E-state index is 12.0. The van der Waals surface area contributed by atoms with E-state index in [1.807, 2.05) is 31.2 Å². The monoisotopic (exact) mass is 338 g/mol. The summed E-state index contributed by atoms with van der Waals surface area (Å²) in [5.74, 6) is 0.380. The van der Waals surface area contributed by atoms with E-state index in [9.17, 15) is 9.59 Å². The molecule has 0 aromatic heterocycles. The van der Waals surface area contributed by atoms with Crippen LogP contribution in [0.15, 0.2) is 28.7 Å². The van der Waals surface area contributed by atoms with Gasteiger partial charge < -0.3 is 5.32 Å². The van der Waals surface area contributed by atoms with Gasteiger partial charge in [-0.2, -0.15) is 0 Å². The van der Waals surface area contributed by atoms with E-state index in [-0.39, 0.29) is 11.8 Å². The lowest BCUT2D eigenvalue weighted by Crippen LogP contribution is -2.44. The highest BCUT2D eigenvalue weighted by Gasteiger charge is 2.26. The minimum Gasteiger partial charge on any atom is -0.325 e. The van der Waals surface area contributed by atoms with Gasteiger partial charge in [0.1, 0.15) is 5.78 Å². The summed E-state index contributed by atoms with van der Waals surface area (Å²) in [6.07, 6.45) is 1.41. The van der Waals surface area contributed by atoms with E-state index in [0.717, 1.165) is 16.6 Å². The molecule has 0 aliphatic carbocycles. The van der Waals surface area contributed by atoms with Crippen molar-refractivity contribution in [2.24, 2.45) is 5.92 Å². The first kappa shape index (κ1) is 15.2. The highest BCUT2D eigenvalue weighted by atomic mass is 79.9. The summed E-state index contributed by atoms with van der Waals surface area (Å²) in [5.41, 5.74) is 0.782. The van der Waals surface area contributed by atoms with Gasteiger partial charge in [0.15, 0.2) is 0 Å². The van der Waals surface area contributed by atoms with Gasteiger partial charge >= 0.3 is 0 Å². The van der Waals surface area contributed by atoms with Crippen molar-refractivity contribution >= 4 is 33.3 Å². The maximum atomic E-state index is 12.0. The van der Waals surface area contributed by atoms with Crippen molar-refractivity contribution in [1.29, 1.82) is 0 Å². The molecule has 0 bridgehead atoms. The largest absolute Gasteiger partial charge is 0.325 e. The Morgan fingerprint density at radius 1 is 1.50 bits per heavy atom. The predicted octanol–water partition coefficient (Wildman–Crippen LogP) is 2.69. The highest BCUT2D eigenvalue weighted by molar-refractivity contribution is 9.10. The minimum absolute atomic E-state index is 0.0349. The molecule has 0 spiro atoms. The first-order valence-electron chi connectivity index (χ1n) is 6.89. The Morgan fingerprint density at radius 3 is 3.00 bits per heavy atom. The second-order valence-electron chi connectivity index (χ2n) is 5.12. The third kappa shape index (κ3) is 4.15. The normalized spacial score (nSPS) is 19.9. The Balaban J connectivity index is 1.87. The summed E-state index contributed by atoms with van der Waals surface area (Å²) in [7, 11) is 0. The summed E-state index contributed by atoms with van der Waals surface area (Å²) in [6.45, 7) is 3.74. The summed E-state index contributed by atoms with van der Waals surface area (Å²) in [6, 6.07) is 7.52. The number of amides is 1. The van der Waals surface area contributed by atoms with E-state index in [4.69, 9.17) is 0 Å². The fourth-order valence-electron chi connectivity index (χ4n) is 2.45. The molecule has 1 aromatic rings. The molecule has 5 heteroatoms. The van der Waals surface area contributed by atoms with E-state index < -0.39 is 0 Å². The molecule has 1 unspecified atom stereocenters. The third-order valence-electron chi connectivity index (χ3n) is 3.58. The van der Waals surface area contributed by atoms with E-state index in [1.54, 1.807) is 0 Å². The number of likely N-dealkylation sites (tertiary alicyclic amines) is 1. The van der Waals surface area contributed by atoms with Crippen LogP contribution in [-0.2, 0) is 9.59 Å². The molecule has 2 rings (SSSR count). The van der Waals surface area contributed by atoms with E-state index in [1.165, 1.54) is 0 Å². The van der Waals surface area contributed by atoms with Crippen LogP contribution in [-0.4, -0.2) is 36.2 Å². The number of benzene rings is 1. The van der Waals surface area contributed by atoms with Gasteiger partial charge in [-0.3, -0.25) is 14.5 Å². The van der Waals surface area contributed by atoms with Crippen LogP contribution in [0.5, 0.6) is 0 Å². The second-order valence-corrected chi connectivity index (χ2v) is 6.03. The number of anilines is 1. The van der Waals surface area contributed by atoms with Crippen LogP contribution in [0.4, 0.5) is 5.69 Å². The average Bonchev–Trinajstić information content (AvgIpc) is 2.41. The molecule has 1 heterocycles. The first-order valence-corrected chi connectivity index (χ1v) is 7.68. The molecule has 20 heavy (non-hydrogen) atoms. The zero-order valence-corrected chi connectivity index (χ0v) is 13.1. The van der Waals surface area contributed by atoms with Crippen molar-refractivity contribution in [2.45, 2.75) is 19.8 Å². The molecule has 1 saturated heterocycles. The maximum Gasteiger partial charge on any atom is 0.238 e. The number of Topliss-reactive ketones (excluding diaryl/α,β-unsaturated/α-hetero) is 1. The van der Waals surface area contributed by atoms with Gasteiger partial charge in [-0.05, 0) is 24.6 Å². The molecular weight excluding hydrogens is 320 g/mol. The van der Waals surface area contributed by atoms with Gasteiger partial charge in [0, 0.05) is 35.6 Å². The summed E-state index contributed by atoms with van der Waals surface area (Å²) in [4.78, 5) is 25.7. The van der Waals surface area contributed by atoms with Crippen LogP contribution < -0.4 is 5.32 Å². The molecular formula is C15H19BrN2O2. The summed E-state index contributed by atoms with van der Waals surface area (Å²) < 4.78 is 0.935. The number of piperidine rings is 1. The number of hydrogen-bond acceptors (Lipinski definition) is 3. The molecule has 1 aromatic carbocycles. The van der Waals surface area contributed by atoms with Crippen LogP contribution >= 0.6 is 15.9 Å². The first-order chi connectivity index (χ1) is 9.58. The number of carbonyl (C=O) groups excluding carboxylic acids is 2. The van der Waals surface area contributed by atoms with Crippen LogP contribution in [0.25, 0.3) is 0 Å². The quantitative estimate of drug-likeness (QED) is 0.918. The molecule has 0 radical (unpaired) electrons. The number of nitrogens with one attached hydrogen (secondary N) is 1. The molecule has 1 aliphatic heterocycles. The molecule has 4 nitrogen and oxygen atoms in total. The Labute approximate surface area is 127 Å². The van der Waals surface area contributed by atoms with Gasteiger partial charge in [0.2, 0.25) is 5.91 Å². The molecule has 1 N–H and O–H groups in total. The molecule has 1 amide bonds. The number of carbonyl (C=O) groups is 2. The summed E-state index contributed by atoms with van der Waals surface area (Å²) in [5, 5.41) is 2.88. The molecule has 108 valence electrons. The van der Waals surface area contributed by atoms with Crippen molar-refractivity contribution < 1.29 is 9.59 Å². The summed E-state index contributed by atoms with van der Waals surface area (Å²) >= 11 is 3.38. The Morgan fingerprint density at radius 2 is 2.30 bits per heavy atom. The van der Waals surface area contributed by atoms with Crippen LogP contribution in [0.3, 0.4) is 0 Å². The Bertz CT molecular complexity index is 504. The molecule has 1 aliphatic rings. The highest BCUT2D eigenvalue weighted by Crippen LogP contribution is 2.17. The molecule has 1 atom stereocenters. The Kier molecular flexibility index (Phi) is 5.31. The third-order valence-corrected chi connectivity index (χ3v) is 4.07. The van der Waals surface area contributed by atoms with Crippen LogP contribution in [0.2, 0.25) is 0 Å². The van der Waals surface area contributed by atoms with Gasteiger partial charge in [0.25, 0.3) is 0 Å². The topological polar surface area (TPSA) is 49.4 Å². The average molecular weight is 339 g/mol. The van der Waals surface area contributed by atoms with Crippen molar-refractivity contribution in [3.05, 3.63) is 28.7 Å². The van der Waals surface area contributed by atoms with Crippen LogP contribution in [0.1, 0.15) is 19.8 Å². The molecule has 0 saturated carbocycles. The fourth-order valence-corrected chi connectivity index (χ4v) is 2.85. The van der Waals surface area contributed by atoms with Crippen LogP contribution in [0, 0.1) is 5.92 Å². The zero-order chi connectivity index (χ0) is 14.5. The van der Waals surface area contributed by atoms with Gasteiger partial charge in [-0.25, -0.2) is 0 Å². The van der Waals surface area contributed by atoms with Crippen molar-refractivity contribution in [2.75, 3.05) is 25.0 Å². The van der Waals surface area contributed by atoms with Gasteiger partial charge in [-0.15, -0.1) is 0 Å². The number of rotatable bonds is 4. The van der Waals surface area contributed by atoms with Crippen molar-refractivity contribution in [3.63, 3.8) is 0 Å². The lowest BCUT2D eigenvalue weighted by atomic mass is 9.94. The molecule has 1 fully saturated rings. The van der Waals surface area contributed by atoms with Crippen molar-refractivity contribution in [1.82, 2.24) is 4.90 Å².